The van der Waals surface area contributed by atoms with Crippen LogP contribution in [0.2, 0.25) is 0 Å². The Morgan fingerprint density at radius 2 is 1.91 bits per heavy atom. The predicted molar refractivity (Wildman–Crippen MR) is 170 cm³/mol. The minimum absolute atomic E-state index is 0.0486. The van der Waals surface area contributed by atoms with Crippen molar-refractivity contribution < 1.29 is 29.0 Å². The predicted octanol–water partition coefficient (Wildman–Crippen LogP) is 3.14. The molecule has 2 bridgehead atoms. The summed E-state index contributed by atoms with van der Waals surface area (Å²) in [5.74, 6) is -3.32. The number of esters is 1. The van der Waals surface area contributed by atoms with E-state index in [1.54, 1.807) is 21.7 Å². The molecule has 11 heteroatoms. The molecule has 0 aliphatic carbocycles. The maximum atomic E-state index is 15.0. The fourth-order valence-electron chi connectivity index (χ4n) is 7.91. The van der Waals surface area contributed by atoms with Gasteiger partial charge in [-0.25, -0.2) is 4.68 Å². The van der Waals surface area contributed by atoms with Gasteiger partial charge in [0.1, 0.15) is 29.7 Å². The van der Waals surface area contributed by atoms with E-state index in [-0.39, 0.29) is 44.2 Å². The Labute approximate surface area is 268 Å². The van der Waals surface area contributed by atoms with Gasteiger partial charge in [0, 0.05) is 6.54 Å². The van der Waals surface area contributed by atoms with Crippen LogP contribution < -0.4 is 0 Å². The van der Waals surface area contributed by atoms with Crippen LogP contribution in [-0.4, -0.2) is 90.7 Å². The summed E-state index contributed by atoms with van der Waals surface area (Å²) in [5, 5.41) is 19.3. The van der Waals surface area contributed by atoms with Crippen LogP contribution in [0.5, 0.6) is 0 Å². The highest BCUT2D eigenvalue weighted by Crippen LogP contribution is 2.65. The van der Waals surface area contributed by atoms with Crippen LogP contribution in [0, 0.1) is 17.8 Å². The lowest BCUT2D eigenvalue weighted by atomic mass is 9.62. The number of likely N-dealkylation sites (tertiary alicyclic amines) is 1. The molecule has 3 fully saturated rings. The molecule has 242 valence electrons. The fraction of sp³-hybridized carbons (Fsp3) is 0.457. The van der Waals surface area contributed by atoms with Crippen molar-refractivity contribution in [3.8, 4) is 0 Å². The number of hydrogen-bond acceptors (Lipinski definition) is 8. The molecule has 46 heavy (non-hydrogen) atoms. The molecule has 3 aliphatic rings. The van der Waals surface area contributed by atoms with Crippen molar-refractivity contribution in [3.05, 3.63) is 85.5 Å². The fourth-order valence-corrected chi connectivity index (χ4v) is 7.91. The third kappa shape index (κ3) is 5.02. The molecule has 0 radical (unpaired) electrons. The lowest BCUT2D eigenvalue weighted by Crippen LogP contribution is -2.59. The number of nitrogens with zero attached hydrogens (tertiary/aromatic N) is 5. The van der Waals surface area contributed by atoms with Crippen LogP contribution in [0.1, 0.15) is 32.3 Å². The van der Waals surface area contributed by atoms with E-state index in [1.807, 2.05) is 68.4 Å². The molecule has 1 spiro atoms. The zero-order valence-corrected chi connectivity index (χ0v) is 26.3. The van der Waals surface area contributed by atoms with Gasteiger partial charge < -0.3 is 24.4 Å². The Bertz CT molecular complexity index is 1640. The minimum atomic E-state index is -1.31. The summed E-state index contributed by atoms with van der Waals surface area (Å²) in [5.41, 5.74) is 0.00994. The smallest absolute Gasteiger partial charge is 0.312 e. The Morgan fingerprint density at radius 1 is 1.17 bits per heavy atom. The number of carbonyl (C=O) groups excluding carboxylic acids is 3. The van der Waals surface area contributed by atoms with Gasteiger partial charge in [-0.2, -0.15) is 0 Å². The van der Waals surface area contributed by atoms with Crippen molar-refractivity contribution in [1.29, 1.82) is 0 Å². The highest BCUT2D eigenvalue weighted by molar-refractivity contribution is 5.99. The number of aromatic nitrogens is 3. The van der Waals surface area contributed by atoms with Gasteiger partial charge in [-0.3, -0.25) is 14.4 Å². The second-order valence-corrected chi connectivity index (χ2v) is 12.8. The average molecular weight is 628 g/mol. The second kappa shape index (κ2) is 12.4. The van der Waals surface area contributed by atoms with Gasteiger partial charge in [0.25, 0.3) is 0 Å². The Morgan fingerprint density at radius 3 is 2.63 bits per heavy atom. The quantitative estimate of drug-likeness (QED) is 0.174. The van der Waals surface area contributed by atoms with Gasteiger partial charge in [0.15, 0.2) is 0 Å². The molecule has 3 unspecified atom stereocenters. The lowest BCUT2D eigenvalue weighted by molar-refractivity contribution is -0.164. The highest BCUT2D eigenvalue weighted by Gasteiger charge is 2.80. The topological polar surface area (TPSA) is 127 Å². The maximum absolute atomic E-state index is 15.0. The third-order valence-electron chi connectivity index (χ3n) is 10.1. The number of fused-ring (bicyclic) bond motifs is 2. The Balaban J connectivity index is 1.43. The van der Waals surface area contributed by atoms with Crippen molar-refractivity contribution >= 4 is 28.8 Å². The van der Waals surface area contributed by atoms with Gasteiger partial charge in [-0.15, -0.1) is 18.3 Å². The Hall–Kier alpha value is -4.35. The number of benzene rings is 2. The van der Waals surface area contributed by atoms with Gasteiger partial charge in [0.05, 0.1) is 36.3 Å². The minimum Gasteiger partial charge on any atom is -0.465 e. The first-order chi connectivity index (χ1) is 22.2. The molecule has 0 saturated carbocycles. The van der Waals surface area contributed by atoms with Crippen LogP contribution in [0.25, 0.3) is 11.0 Å². The molecular weight excluding hydrogens is 586 g/mol. The van der Waals surface area contributed by atoms with Gasteiger partial charge >= 0.3 is 5.97 Å². The lowest BCUT2D eigenvalue weighted by Gasteiger charge is -2.39. The van der Waals surface area contributed by atoms with E-state index in [0.29, 0.717) is 24.8 Å². The molecule has 3 saturated heterocycles. The monoisotopic (exact) mass is 627 g/mol. The van der Waals surface area contributed by atoms with Gasteiger partial charge in [-0.05, 0) is 49.8 Å². The van der Waals surface area contributed by atoms with Crippen molar-refractivity contribution in [2.75, 3.05) is 19.8 Å². The van der Waals surface area contributed by atoms with E-state index in [4.69, 9.17) is 9.47 Å². The number of aliphatic hydroxyl groups is 1. The van der Waals surface area contributed by atoms with E-state index in [1.165, 1.54) is 4.90 Å². The summed E-state index contributed by atoms with van der Waals surface area (Å²) in [7, 11) is 0. The molecule has 7 atom stereocenters. The van der Waals surface area contributed by atoms with Gasteiger partial charge in [-0.1, -0.05) is 66.8 Å². The molecule has 11 nitrogen and oxygen atoms in total. The number of para-hydroxylation sites is 1. The van der Waals surface area contributed by atoms with Crippen LogP contribution in [0.15, 0.2) is 79.9 Å². The normalized spacial score (nSPS) is 28.7. The summed E-state index contributed by atoms with van der Waals surface area (Å²) in [6.07, 6.45) is 4.46. The maximum Gasteiger partial charge on any atom is 0.312 e. The second-order valence-electron chi connectivity index (χ2n) is 12.8. The summed E-state index contributed by atoms with van der Waals surface area (Å²) in [6, 6.07) is 15.1. The summed E-state index contributed by atoms with van der Waals surface area (Å²) in [6.45, 7) is 11.4. The molecule has 2 amide bonds. The van der Waals surface area contributed by atoms with Crippen molar-refractivity contribution in [1.82, 2.24) is 24.8 Å². The first-order valence-corrected chi connectivity index (χ1v) is 15.8. The van der Waals surface area contributed by atoms with Crippen LogP contribution in [-0.2, 0) is 36.9 Å². The number of ether oxygens (including phenoxy) is 2. The molecule has 6 rings (SSSR count). The molecule has 1 aromatic heterocycles. The van der Waals surface area contributed by atoms with Crippen LogP contribution >= 0.6 is 0 Å². The van der Waals surface area contributed by atoms with E-state index in [9.17, 15) is 19.5 Å². The summed E-state index contributed by atoms with van der Waals surface area (Å²) >= 11 is 0. The number of hydrogen-bond donors (Lipinski definition) is 1. The number of rotatable bonds is 13. The van der Waals surface area contributed by atoms with E-state index in [2.05, 4.69) is 23.5 Å². The molecule has 3 aliphatic heterocycles. The molecular formula is C35H41N5O6. The first kappa shape index (κ1) is 31.6. The third-order valence-corrected chi connectivity index (χ3v) is 10.1. The van der Waals surface area contributed by atoms with E-state index in [0.717, 1.165) is 11.1 Å². The van der Waals surface area contributed by atoms with Crippen molar-refractivity contribution in [3.63, 3.8) is 0 Å². The molecule has 3 aromatic rings. The zero-order valence-electron chi connectivity index (χ0n) is 26.3. The summed E-state index contributed by atoms with van der Waals surface area (Å²) < 4.78 is 14.2. The van der Waals surface area contributed by atoms with Gasteiger partial charge in [0.2, 0.25) is 11.8 Å². The highest BCUT2D eigenvalue weighted by atomic mass is 16.6. The molecule has 1 N–H and O–H groups in total. The van der Waals surface area contributed by atoms with E-state index >= 15 is 0 Å². The SMILES string of the molecule is C=CCCOC(=O)[C@@H]1[C@H]2C(=O)N([C@@H](CO)Cc3ccccc3)C(C(=O)N(CC=C)Cn3nnc4ccccc43)C23CC(C)[C@@]1(C)O3. The summed E-state index contributed by atoms with van der Waals surface area (Å²) in [4.78, 5) is 46.5. The number of amides is 2. The van der Waals surface area contributed by atoms with Crippen molar-refractivity contribution in [2.24, 2.45) is 17.8 Å². The average Bonchev–Trinajstić information content (AvgIpc) is 3.73. The number of aliphatic hydroxyl groups excluding tert-OH is 1. The first-order valence-electron chi connectivity index (χ1n) is 15.8. The Kier molecular flexibility index (Phi) is 8.56. The largest absolute Gasteiger partial charge is 0.465 e. The standard InChI is InChI=1S/C35H41N5O6/c1-5-7-18-45-33(44)29-28-31(42)40(25(21-41)19-24-13-9-8-10-14-24)30(35(28)20-23(3)34(29,4)46-35)32(43)38(17-6-2)22-39-27-16-12-11-15-26(27)36-37-39/h5-6,8-16,23,25,28-30,41H,1-2,7,17-22H2,3-4H3/t23?,25-,28+,29+,30?,34-,35?/m1/s1. The zero-order chi connectivity index (χ0) is 32.6. The van der Waals surface area contributed by atoms with E-state index < -0.39 is 41.1 Å². The van der Waals surface area contributed by atoms with Crippen molar-refractivity contribution in [2.45, 2.75) is 63.1 Å². The molecule has 4 heterocycles. The van der Waals surface area contributed by atoms with Crippen LogP contribution in [0.3, 0.4) is 0 Å². The number of carbonyl (C=O) groups is 3. The van der Waals surface area contributed by atoms with Crippen LogP contribution in [0.4, 0.5) is 0 Å². The molecule has 2 aromatic carbocycles.